The van der Waals surface area contributed by atoms with Crippen molar-refractivity contribution in [2.75, 3.05) is 6.54 Å². The minimum atomic E-state index is -0.232. The van der Waals surface area contributed by atoms with E-state index in [1.807, 2.05) is 16.8 Å². The van der Waals surface area contributed by atoms with Crippen LogP contribution in [0.5, 0.6) is 0 Å². The smallest absolute Gasteiger partial charge is 0.204 e. The van der Waals surface area contributed by atoms with Crippen molar-refractivity contribution in [3.05, 3.63) is 96.7 Å². The zero-order chi connectivity index (χ0) is 27.0. The van der Waals surface area contributed by atoms with Gasteiger partial charge in [-0.2, -0.15) is 5.10 Å². The van der Waals surface area contributed by atoms with Crippen LogP contribution in [0.15, 0.2) is 79.7 Å². The van der Waals surface area contributed by atoms with Crippen LogP contribution in [-0.4, -0.2) is 33.7 Å². The Labute approximate surface area is 219 Å². The van der Waals surface area contributed by atoms with E-state index in [2.05, 4.69) is 74.3 Å². The van der Waals surface area contributed by atoms with Gasteiger partial charge in [0.2, 0.25) is 6.41 Å². The second-order valence-electron chi connectivity index (χ2n) is 10.3. The van der Waals surface area contributed by atoms with Crippen molar-refractivity contribution in [2.24, 2.45) is 11.1 Å². The number of amides is 1. The zero-order valence-corrected chi connectivity index (χ0v) is 22.1. The van der Waals surface area contributed by atoms with E-state index in [1.165, 1.54) is 17.8 Å². The number of primary amides is 1. The molecule has 37 heavy (non-hydrogen) atoms. The highest BCUT2D eigenvalue weighted by atomic mass is 19.1. The summed E-state index contributed by atoms with van der Waals surface area (Å²) in [6, 6.07) is 15.0. The van der Waals surface area contributed by atoms with Crippen LogP contribution in [0.3, 0.4) is 0 Å². The monoisotopic (exact) mass is 503 g/mol. The molecular weight excluding hydrogens is 465 g/mol. The Kier molecular flexibility index (Phi) is 9.28. The Balaban J connectivity index is 0.00000121. The Morgan fingerprint density at radius 2 is 1.89 bits per heavy atom. The van der Waals surface area contributed by atoms with Gasteiger partial charge in [0.1, 0.15) is 11.5 Å². The average Bonchev–Trinajstić information content (AvgIpc) is 3.22. The number of halogens is 1. The average molecular weight is 504 g/mol. The van der Waals surface area contributed by atoms with Crippen molar-refractivity contribution in [3.63, 3.8) is 0 Å². The number of nitrogens with zero attached hydrogens (tertiary/aromatic N) is 3. The van der Waals surface area contributed by atoms with Gasteiger partial charge >= 0.3 is 0 Å². The molecular formula is C30H38FN5O. The number of nitrogens with two attached hydrogens (primary N) is 1. The Bertz CT molecular complexity index is 1250. The maximum atomic E-state index is 13.4. The van der Waals surface area contributed by atoms with Crippen molar-refractivity contribution in [1.82, 2.24) is 20.0 Å². The van der Waals surface area contributed by atoms with Crippen LogP contribution in [0, 0.1) is 11.2 Å². The number of aromatic nitrogens is 2. The first-order chi connectivity index (χ1) is 17.6. The molecule has 1 aliphatic heterocycles. The zero-order valence-electron chi connectivity index (χ0n) is 22.1. The van der Waals surface area contributed by atoms with E-state index < -0.39 is 0 Å². The number of hydrogen-bond acceptors (Lipinski definition) is 4. The number of fused-ring (bicyclic) bond motifs is 1. The lowest BCUT2D eigenvalue weighted by atomic mass is 9.84. The molecule has 196 valence electrons. The Morgan fingerprint density at radius 3 is 2.54 bits per heavy atom. The van der Waals surface area contributed by atoms with E-state index >= 15 is 0 Å². The molecule has 6 nitrogen and oxygen atoms in total. The quantitative estimate of drug-likeness (QED) is 0.380. The summed E-state index contributed by atoms with van der Waals surface area (Å²) in [5.74, 6) is -0.232. The molecule has 1 unspecified atom stereocenters. The molecule has 1 amide bonds. The highest BCUT2D eigenvalue weighted by Crippen LogP contribution is 2.29. The summed E-state index contributed by atoms with van der Waals surface area (Å²) in [5.41, 5.74) is 9.10. The lowest BCUT2D eigenvalue weighted by Gasteiger charge is -2.35. The molecule has 2 aromatic carbocycles. The van der Waals surface area contributed by atoms with Gasteiger partial charge in [0.25, 0.3) is 0 Å². The van der Waals surface area contributed by atoms with Crippen molar-refractivity contribution >= 4 is 23.0 Å². The molecule has 0 radical (unpaired) electrons. The largest absolute Gasteiger partial charge is 0.380 e. The standard InChI is InChI=1S/C29H35FN4.CH3NO/c1-21-10-8-9-18-33(21)19-17-27(29(3,4)5)31-22(2)28-25-11-6-7-12-26(25)34(32-28)20-23-13-15-24(30)16-14-23;2-1-3/h6-7,9,11-16,18,27,31H,1-2,8,10,17,19-20H2,3-5H3;1H,(H2,2,3). The van der Waals surface area contributed by atoms with Crippen LogP contribution in [0.4, 0.5) is 4.39 Å². The number of benzene rings is 2. The third-order valence-electron chi connectivity index (χ3n) is 6.53. The summed E-state index contributed by atoms with van der Waals surface area (Å²) in [5, 5.41) is 9.69. The lowest BCUT2D eigenvalue weighted by molar-refractivity contribution is -0.106. The number of hydrogen-bond donors (Lipinski definition) is 2. The van der Waals surface area contributed by atoms with E-state index in [0.29, 0.717) is 6.54 Å². The predicted molar refractivity (Wildman–Crippen MR) is 150 cm³/mol. The molecule has 1 atom stereocenters. The second-order valence-corrected chi connectivity index (χ2v) is 10.3. The van der Waals surface area contributed by atoms with Gasteiger partial charge in [-0.05, 0) is 54.6 Å². The summed E-state index contributed by atoms with van der Waals surface area (Å²) in [7, 11) is 0. The van der Waals surface area contributed by atoms with Gasteiger partial charge in [-0.25, -0.2) is 4.39 Å². The summed E-state index contributed by atoms with van der Waals surface area (Å²) >= 11 is 0. The first kappa shape index (κ1) is 27.7. The van der Waals surface area contributed by atoms with E-state index in [1.54, 1.807) is 12.1 Å². The van der Waals surface area contributed by atoms with Gasteiger partial charge in [0, 0.05) is 23.7 Å². The normalized spacial score (nSPS) is 14.2. The van der Waals surface area contributed by atoms with Crippen molar-refractivity contribution in [2.45, 2.75) is 52.6 Å². The van der Waals surface area contributed by atoms with Gasteiger partial charge in [-0.1, -0.05) is 70.3 Å². The molecule has 2 heterocycles. The molecule has 1 aromatic heterocycles. The molecule has 0 bridgehead atoms. The number of carbonyl (C=O) groups excluding carboxylic acids is 1. The van der Waals surface area contributed by atoms with Crippen molar-refractivity contribution < 1.29 is 9.18 Å². The third kappa shape index (κ3) is 7.32. The summed E-state index contributed by atoms with van der Waals surface area (Å²) in [6.45, 7) is 16.9. The van der Waals surface area contributed by atoms with Crippen molar-refractivity contribution in [1.29, 1.82) is 0 Å². The Morgan fingerprint density at radius 1 is 1.22 bits per heavy atom. The maximum absolute atomic E-state index is 13.4. The van der Waals surface area contributed by atoms with Crippen molar-refractivity contribution in [3.8, 4) is 0 Å². The highest BCUT2D eigenvalue weighted by molar-refractivity contribution is 5.90. The maximum Gasteiger partial charge on any atom is 0.204 e. The fourth-order valence-electron chi connectivity index (χ4n) is 4.44. The molecule has 3 aromatic rings. The molecule has 0 spiro atoms. The van der Waals surface area contributed by atoms with Gasteiger partial charge in [0.15, 0.2) is 0 Å². The van der Waals surface area contributed by atoms with Crippen LogP contribution in [0.2, 0.25) is 0 Å². The van der Waals surface area contributed by atoms with Gasteiger partial charge in [-0.3, -0.25) is 9.48 Å². The number of rotatable bonds is 8. The SMILES string of the molecule is C=C(NC(CCN1C=CCCC1=C)C(C)(C)C)c1nn(Cc2ccc(F)cc2)c2ccccc12.NC=O. The fraction of sp³-hybridized carbons (Fsp3) is 0.333. The van der Waals surface area contributed by atoms with E-state index in [-0.39, 0.29) is 23.7 Å². The molecule has 0 saturated heterocycles. The molecule has 0 fully saturated rings. The fourth-order valence-corrected chi connectivity index (χ4v) is 4.44. The minimum Gasteiger partial charge on any atom is -0.380 e. The molecule has 0 aliphatic carbocycles. The van der Waals surface area contributed by atoms with Crippen LogP contribution in [0.25, 0.3) is 16.6 Å². The highest BCUT2D eigenvalue weighted by Gasteiger charge is 2.27. The first-order valence-corrected chi connectivity index (χ1v) is 12.6. The summed E-state index contributed by atoms with van der Waals surface area (Å²) in [6.07, 6.45) is 7.67. The second kappa shape index (κ2) is 12.4. The van der Waals surface area contributed by atoms with E-state index in [0.717, 1.165) is 53.7 Å². The van der Waals surface area contributed by atoms with Crippen LogP contribution in [-0.2, 0) is 11.3 Å². The minimum absolute atomic E-state index is 0.0380. The number of nitrogens with one attached hydrogen (secondary N) is 1. The molecule has 0 saturated carbocycles. The predicted octanol–water partition coefficient (Wildman–Crippen LogP) is 5.81. The number of para-hydroxylation sites is 1. The number of carbonyl (C=O) groups is 1. The van der Waals surface area contributed by atoms with E-state index in [9.17, 15) is 4.39 Å². The van der Waals surface area contributed by atoms with Gasteiger partial charge in [0.05, 0.1) is 17.8 Å². The molecule has 7 heteroatoms. The Hall–Kier alpha value is -3.87. The molecule has 1 aliphatic rings. The molecule has 3 N–H and O–H groups in total. The summed E-state index contributed by atoms with van der Waals surface area (Å²) in [4.78, 5) is 10.8. The lowest BCUT2D eigenvalue weighted by Crippen LogP contribution is -2.41. The van der Waals surface area contributed by atoms with Crippen LogP contribution in [0.1, 0.15) is 51.3 Å². The third-order valence-corrected chi connectivity index (χ3v) is 6.53. The number of allylic oxidation sites excluding steroid dienone is 2. The van der Waals surface area contributed by atoms with Crippen LogP contribution < -0.4 is 11.1 Å². The molecule has 4 rings (SSSR count). The topological polar surface area (TPSA) is 76.2 Å². The van der Waals surface area contributed by atoms with E-state index in [4.69, 9.17) is 9.89 Å². The van der Waals surface area contributed by atoms with Crippen LogP contribution >= 0.6 is 0 Å². The first-order valence-electron chi connectivity index (χ1n) is 12.6. The summed E-state index contributed by atoms with van der Waals surface area (Å²) < 4.78 is 15.3. The van der Waals surface area contributed by atoms with Gasteiger partial charge in [-0.15, -0.1) is 0 Å². The van der Waals surface area contributed by atoms with Gasteiger partial charge < -0.3 is 16.0 Å².